The molecule has 0 aliphatic heterocycles. The fraction of sp³-hybridized carbons (Fsp3) is 0.500. The van der Waals surface area contributed by atoms with Crippen LogP contribution in [0.4, 0.5) is 0 Å². The number of carbonyl (C=O) groups is 1. The average Bonchev–Trinajstić information content (AvgIpc) is 2.36. The van der Waals surface area contributed by atoms with Gasteiger partial charge in [-0.3, -0.25) is 4.79 Å². The summed E-state index contributed by atoms with van der Waals surface area (Å²) >= 11 is 5.96. The fourth-order valence-corrected chi connectivity index (χ4v) is 1.99. The summed E-state index contributed by atoms with van der Waals surface area (Å²) in [7, 11) is 0. The highest BCUT2D eigenvalue weighted by atomic mass is 35.5. The lowest BCUT2D eigenvalue weighted by molar-refractivity contribution is -0.121. The molecule has 1 amide bonds. The fourth-order valence-electron chi connectivity index (χ4n) is 1.79. The minimum absolute atomic E-state index is 0.0397. The Bertz CT molecular complexity index is 382. The molecule has 0 saturated carbocycles. The third kappa shape index (κ3) is 5.07. The van der Waals surface area contributed by atoms with E-state index in [4.69, 9.17) is 11.6 Å². The predicted octanol–water partition coefficient (Wildman–Crippen LogP) is 2.91. The Labute approximate surface area is 114 Å². The van der Waals surface area contributed by atoms with Crippen molar-refractivity contribution in [3.8, 4) is 0 Å². The summed E-state index contributed by atoms with van der Waals surface area (Å²) in [5.74, 6) is 0.0720. The van der Waals surface area contributed by atoms with Gasteiger partial charge in [0.2, 0.25) is 5.91 Å². The van der Waals surface area contributed by atoms with Gasteiger partial charge in [0, 0.05) is 18.0 Å². The minimum Gasteiger partial charge on any atom is -0.349 e. The first-order valence-corrected chi connectivity index (χ1v) is 6.80. The number of hydrogen-bond acceptors (Lipinski definition) is 2. The first kappa shape index (κ1) is 15.0. The van der Waals surface area contributed by atoms with Crippen molar-refractivity contribution in [2.75, 3.05) is 13.1 Å². The molecule has 0 aliphatic carbocycles. The van der Waals surface area contributed by atoms with Crippen LogP contribution in [0.1, 0.15) is 38.3 Å². The van der Waals surface area contributed by atoms with Crippen LogP contribution in [0.5, 0.6) is 0 Å². The summed E-state index contributed by atoms with van der Waals surface area (Å²) in [6.07, 6.45) is 1.36. The van der Waals surface area contributed by atoms with Crippen LogP contribution in [0, 0.1) is 0 Å². The summed E-state index contributed by atoms with van der Waals surface area (Å²) in [5.41, 5.74) is 1.06. The number of benzene rings is 1. The second-order valence-corrected chi connectivity index (χ2v) is 4.62. The molecule has 1 aromatic carbocycles. The van der Waals surface area contributed by atoms with Crippen molar-refractivity contribution in [3.05, 3.63) is 34.9 Å². The lowest BCUT2D eigenvalue weighted by Gasteiger charge is -2.17. The number of amides is 1. The molecule has 3 nitrogen and oxygen atoms in total. The Morgan fingerprint density at radius 3 is 2.78 bits per heavy atom. The second kappa shape index (κ2) is 8.11. The Kier molecular flexibility index (Phi) is 6.76. The van der Waals surface area contributed by atoms with Crippen LogP contribution in [-0.2, 0) is 4.79 Å². The molecule has 1 atom stereocenters. The van der Waals surface area contributed by atoms with E-state index in [1.807, 2.05) is 31.2 Å². The SMILES string of the molecule is CCNCCC(=O)NC(CC)c1cccc(Cl)c1. The largest absolute Gasteiger partial charge is 0.349 e. The third-order valence-corrected chi connectivity index (χ3v) is 3.01. The molecule has 1 aromatic rings. The van der Waals surface area contributed by atoms with Crippen molar-refractivity contribution < 1.29 is 4.79 Å². The Hall–Kier alpha value is -1.06. The van der Waals surface area contributed by atoms with Crippen molar-refractivity contribution in [2.24, 2.45) is 0 Å². The molecule has 2 N–H and O–H groups in total. The van der Waals surface area contributed by atoms with E-state index in [0.717, 1.165) is 18.5 Å². The van der Waals surface area contributed by atoms with Crippen molar-refractivity contribution >= 4 is 17.5 Å². The topological polar surface area (TPSA) is 41.1 Å². The summed E-state index contributed by atoms with van der Waals surface area (Å²) in [6.45, 7) is 5.68. The zero-order chi connectivity index (χ0) is 13.4. The van der Waals surface area contributed by atoms with Crippen molar-refractivity contribution in [1.29, 1.82) is 0 Å². The molecule has 0 fully saturated rings. The van der Waals surface area contributed by atoms with Crippen LogP contribution in [0.2, 0.25) is 5.02 Å². The molecular weight excluding hydrogens is 248 g/mol. The van der Waals surface area contributed by atoms with Gasteiger partial charge in [-0.25, -0.2) is 0 Å². The van der Waals surface area contributed by atoms with Gasteiger partial charge in [0.25, 0.3) is 0 Å². The van der Waals surface area contributed by atoms with Gasteiger partial charge < -0.3 is 10.6 Å². The molecule has 0 radical (unpaired) electrons. The van der Waals surface area contributed by atoms with Gasteiger partial charge in [0.15, 0.2) is 0 Å². The van der Waals surface area contributed by atoms with E-state index in [9.17, 15) is 4.79 Å². The van der Waals surface area contributed by atoms with Crippen LogP contribution in [0.25, 0.3) is 0 Å². The standard InChI is InChI=1S/C14H21ClN2O/c1-3-13(11-6-5-7-12(15)10-11)17-14(18)8-9-16-4-2/h5-7,10,13,16H,3-4,8-9H2,1-2H3,(H,17,18). The monoisotopic (exact) mass is 268 g/mol. The lowest BCUT2D eigenvalue weighted by Crippen LogP contribution is -2.30. The molecule has 4 heteroatoms. The maximum atomic E-state index is 11.8. The highest BCUT2D eigenvalue weighted by molar-refractivity contribution is 6.30. The van der Waals surface area contributed by atoms with E-state index >= 15 is 0 Å². The number of carbonyl (C=O) groups excluding carboxylic acids is 1. The van der Waals surface area contributed by atoms with E-state index in [2.05, 4.69) is 17.6 Å². The van der Waals surface area contributed by atoms with E-state index in [0.29, 0.717) is 18.0 Å². The Balaban J connectivity index is 2.54. The summed E-state index contributed by atoms with van der Waals surface area (Å²) in [5, 5.41) is 6.87. The molecule has 100 valence electrons. The van der Waals surface area contributed by atoms with Gasteiger partial charge in [-0.2, -0.15) is 0 Å². The second-order valence-electron chi connectivity index (χ2n) is 4.19. The van der Waals surface area contributed by atoms with Crippen LogP contribution in [0.3, 0.4) is 0 Å². The van der Waals surface area contributed by atoms with Gasteiger partial charge in [-0.05, 0) is 30.7 Å². The van der Waals surface area contributed by atoms with Gasteiger partial charge in [0.1, 0.15) is 0 Å². The molecule has 1 unspecified atom stereocenters. The van der Waals surface area contributed by atoms with Crippen LogP contribution < -0.4 is 10.6 Å². The molecule has 0 spiro atoms. The van der Waals surface area contributed by atoms with Gasteiger partial charge >= 0.3 is 0 Å². The number of hydrogen-bond donors (Lipinski definition) is 2. The quantitative estimate of drug-likeness (QED) is 0.747. The van der Waals surface area contributed by atoms with Crippen molar-refractivity contribution in [2.45, 2.75) is 32.7 Å². The van der Waals surface area contributed by atoms with Crippen LogP contribution >= 0.6 is 11.6 Å². The highest BCUT2D eigenvalue weighted by Crippen LogP contribution is 2.20. The van der Waals surface area contributed by atoms with E-state index in [-0.39, 0.29) is 11.9 Å². The van der Waals surface area contributed by atoms with E-state index < -0.39 is 0 Å². The predicted molar refractivity (Wildman–Crippen MR) is 75.8 cm³/mol. The Morgan fingerprint density at radius 1 is 1.39 bits per heavy atom. The zero-order valence-electron chi connectivity index (χ0n) is 11.0. The number of halogens is 1. The summed E-state index contributed by atoms with van der Waals surface area (Å²) in [6, 6.07) is 7.68. The average molecular weight is 269 g/mol. The molecular formula is C14H21ClN2O. The van der Waals surface area contributed by atoms with Crippen molar-refractivity contribution in [1.82, 2.24) is 10.6 Å². The number of nitrogens with one attached hydrogen (secondary N) is 2. The maximum absolute atomic E-state index is 11.8. The lowest BCUT2D eigenvalue weighted by atomic mass is 10.0. The van der Waals surface area contributed by atoms with Gasteiger partial charge in [-0.15, -0.1) is 0 Å². The van der Waals surface area contributed by atoms with E-state index in [1.54, 1.807) is 0 Å². The van der Waals surface area contributed by atoms with Gasteiger partial charge in [0.05, 0.1) is 6.04 Å². The molecule has 0 saturated heterocycles. The molecule has 0 heterocycles. The van der Waals surface area contributed by atoms with Crippen LogP contribution in [0.15, 0.2) is 24.3 Å². The van der Waals surface area contributed by atoms with Crippen LogP contribution in [-0.4, -0.2) is 19.0 Å². The zero-order valence-corrected chi connectivity index (χ0v) is 11.8. The smallest absolute Gasteiger partial charge is 0.221 e. The molecule has 18 heavy (non-hydrogen) atoms. The first-order valence-electron chi connectivity index (χ1n) is 6.42. The Morgan fingerprint density at radius 2 is 2.17 bits per heavy atom. The first-order chi connectivity index (χ1) is 8.67. The molecule has 0 bridgehead atoms. The molecule has 0 aliphatic rings. The molecule has 0 aromatic heterocycles. The number of rotatable bonds is 7. The minimum atomic E-state index is 0.0397. The maximum Gasteiger partial charge on any atom is 0.221 e. The summed E-state index contributed by atoms with van der Waals surface area (Å²) in [4.78, 5) is 11.8. The third-order valence-electron chi connectivity index (χ3n) is 2.77. The summed E-state index contributed by atoms with van der Waals surface area (Å²) < 4.78 is 0. The van der Waals surface area contributed by atoms with Crippen molar-refractivity contribution in [3.63, 3.8) is 0 Å². The molecule has 1 rings (SSSR count). The van der Waals surface area contributed by atoms with E-state index in [1.165, 1.54) is 0 Å². The highest BCUT2D eigenvalue weighted by Gasteiger charge is 2.12. The normalized spacial score (nSPS) is 12.2. The van der Waals surface area contributed by atoms with Gasteiger partial charge in [-0.1, -0.05) is 37.6 Å².